The van der Waals surface area contributed by atoms with Crippen LogP contribution in [0.1, 0.15) is 90.9 Å². The molecule has 4 heteroatoms. The van der Waals surface area contributed by atoms with E-state index >= 15 is 0 Å². The summed E-state index contributed by atoms with van der Waals surface area (Å²) in [6, 6.07) is 0. The van der Waals surface area contributed by atoms with Gasteiger partial charge in [0.25, 0.3) is 0 Å². The summed E-state index contributed by atoms with van der Waals surface area (Å²) in [5.74, 6) is -0.944. The minimum absolute atomic E-state index is 0.419. The van der Waals surface area contributed by atoms with E-state index in [9.17, 15) is 9.59 Å². The molecule has 0 heterocycles. The van der Waals surface area contributed by atoms with Crippen LogP contribution in [0.25, 0.3) is 0 Å². The molecule has 0 radical (unpaired) electrons. The Bertz CT molecular complexity index is 305. The van der Waals surface area contributed by atoms with Crippen molar-refractivity contribution in [3.8, 4) is 0 Å². The first kappa shape index (κ1) is 22.7. The Balaban J connectivity index is 3.48. The van der Waals surface area contributed by atoms with E-state index < -0.39 is 11.9 Å². The highest BCUT2D eigenvalue weighted by molar-refractivity contribution is 5.91. The summed E-state index contributed by atoms with van der Waals surface area (Å²) in [7, 11) is 0. The average Bonchev–Trinajstić information content (AvgIpc) is 2.58. The Hall–Kier alpha value is -1.32. The predicted octanol–water partition coefficient (Wildman–Crippen LogP) is 5.35. The van der Waals surface area contributed by atoms with Gasteiger partial charge in [0.05, 0.1) is 13.2 Å². The van der Waals surface area contributed by atoms with Crippen molar-refractivity contribution in [2.75, 3.05) is 13.2 Å². The molecular formula is C20H36O4. The lowest BCUT2D eigenvalue weighted by Crippen LogP contribution is -2.06. The van der Waals surface area contributed by atoms with Crippen molar-refractivity contribution in [2.24, 2.45) is 0 Å². The van der Waals surface area contributed by atoms with Crippen molar-refractivity contribution in [3.05, 3.63) is 12.2 Å². The number of esters is 2. The van der Waals surface area contributed by atoms with E-state index in [1.165, 1.54) is 51.4 Å². The molecular weight excluding hydrogens is 304 g/mol. The first-order chi connectivity index (χ1) is 11.7. The van der Waals surface area contributed by atoms with Gasteiger partial charge in [-0.05, 0) is 12.8 Å². The summed E-state index contributed by atoms with van der Waals surface area (Å²) in [6.45, 7) is 5.21. The number of ether oxygens (including phenoxy) is 2. The van der Waals surface area contributed by atoms with Crippen molar-refractivity contribution < 1.29 is 19.1 Å². The molecule has 0 amide bonds. The van der Waals surface area contributed by atoms with Crippen LogP contribution in [0.3, 0.4) is 0 Å². The van der Waals surface area contributed by atoms with Gasteiger partial charge in [0.15, 0.2) is 0 Å². The molecule has 0 aliphatic rings. The minimum Gasteiger partial charge on any atom is -0.463 e. The van der Waals surface area contributed by atoms with Crippen LogP contribution < -0.4 is 0 Å². The van der Waals surface area contributed by atoms with Crippen LogP contribution in [0.4, 0.5) is 0 Å². The van der Waals surface area contributed by atoms with E-state index in [2.05, 4.69) is 13.8 Å². The Kier molecular flexibility index (Phi) is 17.0. The van der Waals surface area contributed by atoms with Gasteiger partial charge < -0.3 is 9.47 Å². The second-order valence-electron chi connectivity index (χ2n) is 6.20. The SMILES string of the molecule is CCCCCCCCOC(=O)/C=C/C(=O)OCCCCCCCC. The number of carbonyl (C=O) groups excluding carboxylic acids is 2. The molecule has 0 bridgehead atoms. The van der Waals surface area contributed by atoms with Gasteiger partial charge in [-0.3, -0.25) is 0 Å². The van der Waals surface area contributed by atoms with Gasteiger partial charge in [-0.1, -0.05) is 78.1 Å². The zero-order valence-corrected chi connectivity index (χ0v) is 15.7. The number of unbranched alkanes of at least 4 members (excludes halogenated alkanes) is 10. The van der Waals surface area contributed by atoms with Crippen molar-refractivity contribution >= 4 is 11.9 Å². The molecule has 24 heavy (non-hydrogen) atoms. The lowest BCUT2D eigenvalue weighted by Gasteiger charge is -2.03. The van der Waals surface area contributed by atoms with E-state index in [1.807, 2.05) is 0 Å². The molecule has 4 nitrogen and oxygen atoms in total. The minimum atomic E-state index is -0.472. The molecule has 0 spiro atoms. The topological polar surface area (TPSA) is 52.6 Å². The number of hydrogen-bond acceptors (Lipinski definition) is 4. The lowest BCUT2D eigenvalue weighted by molar-refractivity contribution is -0.140. The summed E-state index contributed by atoms with van der Waals surface area (Å²) in [6.07, 6.45) is 16.1. The first-order valence-corrected chi connectivity index (χ1v) is 9.72. The maximum Gasteiger partial charge on any atom is 0.331 e. The quantitative estimate of drug-likeness (QED) is 0.216. The fourth-order valence-electron chi connectivity index (χ4n) is 2.34. The number of carbonyl (C=O) groups is 2. The third-order valence-corrected chi connectivity index (χ3v) is 3.84. The largest absolute Gasteiger partial charge is 0.463 e. The molecule has 0 aliphatic carbocycles. The van der Waals surface area contributed by atoms with Crippen molar-refractivity contribution in [1.29, 1.82) is 0 Å². The van der Waals surface area contributed by atoms with E-state index in [0.29, 0.717) is 13.2 Å². The maximum atomic E-state index is 11.4. The number of rotatable bonds is 16. The fraction of sp³-hybridized carbons (Fsp3) is 0.800. The van der Waals surface area contributed by atoms with Gasteiger partial charge in [0, 0.05) is 12.2 Å². The monoisotopic (exact) mass is 340 g/mol. The standard InChI is InChI=1S/C20H36O4/c1-3-5-7-9-11-13-17-23-19(21)15-16-20(22)24-18-14-12-10-8-6-4-2/h15-16H,3-14,17-18H2,1-2H3/b16-15+. The molecule has 0 saturated heterocycles. The summed E-state index contributed by atoms with van der Waals surface area (Å²) in [4.78, 5) is 22.9. The lowest BCUT2D eigenvalue weighted by atomic mass is 10.1. The van der Waals surface area contributed by atoms with Crippen LogP contribution >= 0.6 is 0 Å². The van der Waals surface area contributed by atoms with Gasteiger partial charge in [-0.25, -0.2) is 9.59 Å². The second-order valence-corrected chi connectivity index (χ2v) is 6.20. The zero-order chi connectivity index (χ0) is 17.9. The van der Waals surface area contributed by atoms with Crippen LogP contribution in [0.15, 0.2) is 12.2 Å². The molecule has 0 saturated carbocycles. The highest BCUT2D eigenvalue weighted by Crippen LogP contribution is 2.06. The predicted molar refractivity (Wildman–Crippen MR) is 97.8 cm³/mol. The molecule has 0 fully saturated rings. The molecule has 0 N–H and O–H groups in total. The van der Waals surface area contributed by atoms with E-state index in [4.69, 9.17) is 9.47 Å². The van der Waals surface area contributed by atoms with Crippen LogP contribution in [-0.2, 0) is 19.1 Å². The zero-order valence-electron chi connectivity index (χ0n) is 15.7. The van der Waals surface area contributed by atoms with Gasteiger partial charge in [0.1, 0.15) is 0 Å². The summed E-state index contributed by atoms with van der Waals surface area (Å²) < 4.78 is 10.1. The molecule has 0 rings (SSSR count). The summed E-state index contributed by atoms with van der Waals surface area (Å²) in [5.41, 5.74) is 0. The maximum absolute atomic E-state index is 11.4. The third-order valence-electron chi connectivity index (χ3n) is 3.84. The van der Waals surface area contributed by atoms with Gasteiger partial charge in [0.2, 0.25) is 0 Å². The Morgan fingerprint density at radius 1 is 0.583 bits per heavy atom. The van der Waals surface area contributed by atoms with Crippen molar-refractivity contribution in [2.45, 2.75) is 90.9 Å². The summed E-state index contributed by atoms with van der Waals surface area (Å²) >= 11 is 0. The Labute approximate surface area is 148 Å². The van der Waals surface area contributed by atoms with E-state index in [1.54, 1.807) is 0 Å². The normalized spacial score (nSPS) is 10.9. The Morgan fingerprint density at radius 3 is 1.29 bits per heavy atom. The second kappa shape index (κ2) is 18.0. The molecule has 0 aliphatic heterocycles. The number of hydrogen-bond donors (Lipinski definition) is 0. The molecule has 0 aromatic heterocycles. The molecule has 0 atom stereocenters. The van der Waals surface area contributed by atoms with Gasteiger partial charge >= 0.3 is 11.9 Å². The summed E-state index contributed by atoms with van der Waals surface area (Å²) in [5, 5.41) is 0. The first-order valence-electron chi connectivity index (χ1n) is 9.72. The highest BCUT2D eigenvalue weighted by atomic mass is 16.5. The third kappa shape index (κ3) is 17.0. The van der Waals surface area contributed by atoms with E-state index in [-0.39, 0.29) is 0 Å². The van der Waals surface area contributed by atoms with Crippen LogP contribution in [0.5, 0.6) is 0 Å². The fourth-order valence-corrected chi connectivity index (χ4v) is 2.34. The average molecular weight is 341 g/mol. The van der Waals surface area contributed by atoms with Crippen molar-refractivity contribution in [3.63, 3.8) is 0 Å². The molecule has 140 valence electrons. The molecule has 0 aromatic rings. The Morgan fingerprint density at radius 2 is 0.917 bits per heavy atom. The van der Waals surface area contributed by atoms with Gasteiger partial charge in [-0.15, -0.1) is 0 Å². The smallest absolute Gasteiger partial charge is 0.331 e. The highest BCUT2D eigenvalue weighted by Gasteiger charge is 2.01. The van der Waals surface area contributed by atoms with Crippen LogP contribution in [-0.4, -0.2) is 25.2 Å². The van der Waals surface area contributed by atoms with Crippen LogP contribution in [0.2, 0.25) is 0 Å². The van der Waals surface area contributed by atoms with Crippen LogP contribution in [0, 0.1) is 0 Å². The molecule has 0 aromatic carbocycles. The van der Waals surface area contributed by atoms with Gasteiger partial charge in [-0.2, -0.15) is 0 Å². The van der Waals surface area contributed by atoms with Crippen molar-refractivity contribution in [1.82, 2.24) is 0 Å². The van der Waals surface area contributed by atoms with E-state index in [0.717, 1.165) is 37.8 Å². The molecule has 0 unspecified atom stereocenters.